The third-order valence-corrected chi connectivity index (χ3v) is 4.09. The summed E-state index contributed by atoms with van der Waals surface area (Å²) < 4.78 is 0. The highest BCUT2D eigenvalue weighted by molar-refractivity contribution is 5.82. The lowest BCUT2D eigenvalue weighted by Gasteiger charge is -2.24. The predicted octanol–water partition coefficient (Wildman–Crippen LogP) is 2.79. The number of nitrogens with two attached hydrogens (primary N) is 1. The van der Waals surface area contributed by atoms with Gasteiger partial charge in [0.25, 0.3) is 0 Å². The van der Waals surface area contributed by atoms with Crippen molar-refractivity contribution in [3.63, 3.8) is 0 Å². The summed E-state index contributed by atoms with van der Waals surface area (Å²) in [5.74, 6) is 7.18. The van der Waals surface area contributed by atoms with E-state index < -0.39 is 0 Å². The van der Waals surface area contributed by atoms with Crippen LogP contribution in [0.2, 0.25) is 0 Å². The van der Waals surface area contributed by atoms with Crippen LogP contribution in [0.4, 0.5) is 0 Å². The zero-order valence-corrected chi connectivity index (χ0v) is 10.6. The number of pyridine rings is 1. The second kappa shape index (κ2) is 4.67. The van der Waals surface area contributed by atoms with Gasteiger partial charge < -0.3 is 0 Å². The summed E-state index contributed by atoms with van der Waals surface area (Å²) in [5, 5.41) is 1.20. The molecule has 0 spiro atoms. The van der Waals surface area contributed by atoms with Crippen molar-refractivity contribution in [3.05, 3.63) is 42.1 Å². The third-order valence-electron chi connectivity index (χ3n) is 4.09. The minimum atomic E-state index is 0.213. The summed E-state index contributed by atoms with van der Waals surface area (Å²) >= 11 is 0. The molecule has 0 radical (unpaired) electrons. The number of hydrogen-bond acceptors (Lipinski definition) is 3. The van der Waals surface area contributed by atoms with Gasteiger partial charge in [-0.1, -0.05) is 25.1 Å². The number of fused-ring (bicyclic) bond motifs is 1. The summed E-state index contributed by atoms with van der Waals surface area (Å²) in [7, 11) is 0. The van der Waals surface area contributed by atoms with Crippen molar-refractivity contribution >= 4 is 10.9 Å². The van der Waals surface area contributed by atoms with Gasteiger partial charge in [0.15, 0.2) is 0 Å². The number of hydrogen-bond donors (Lipinski definition) is 2. The van der Waals surface area contributed by atoms with Crippen LogP contribution in [-0.2, 0) is 0 Å². The molecule has 1 heterocycles. The molecule has 94 valence electrons. The Morgan fingerprint density at radius 2 is 2.11 bits per heavy atom. The van der Waals surface area contributed by atoms with Gasteiger partial charge in [-0.05, 0) is 42.4 Å². The molecular weight excluding hydrogens is 222 g/mol. The van der Waals surface area contributed by atoms with E-state index in [-0.39, 0.29) is 6.04 Å². The highest BCUT2D eigenvalue weighted by atomic mass is 15.2. The van der Waals surface area contributed by atoms with Crippen LogP contribution in [0, 0.1) is 11.8 Å². The van der Waals surface area contributed by atoms with Gasteiger partial charge in [-0.3, -0.25) is 16.3 Å². The van der Waals surface area contributed by atoms with Crippen LogP contribution in [0.5, 0.6) is 0 Å². The van der Waals surface area contributed by atoms with Crippen molar-refractivity contribution in [2.75, 3.05) is 0 Å². The second-order valence-electron chi connectivity index (χ2n) is 5.26. The summed E-state index contributed by atoms with van der Waals surface area (Å²) in [4.78, 5) is 4.41. The number of benzene rings is 1. The van der Waals surface area contributed by atoms with E-state index in [1.165, 1.54) is 23.8 Å². The molecule has 3 N–H and O–H groups in total. The van der Waals surface area contributed by atoms with Crippen LogP contribution >= 0.6 is 0 Å². The number of aromatic nitrogens is 1. The summed E-state index contributed by atoms with van der Waals surface area (Å²) in [6.45, 7) is 2.29. The van der Waals surface area contributed by atoms with Crippen molar-refractivity contribution in [3.8, 4) is 0 Å². The summed E-state index contributed by atoms with van der Waals surface area (Å²) in [5.41, 5.74) is 5.31. The maximum Gasteiger partial charge on any atom is 0.0705 e. The Morgan fingerprint density at radius 1 is 1.28 bits per heavy atom. The minimum Gasteiger partial charge on any atom is -0.271 e. The first-order valence-electron chi connectivity index (χ1n) is 6.61. The van der Waals surface area contributed by atoms with Gasteiger partial charge in [0.1, 0.15) is 0 Å². The van der Waals surface area contributed by atoms with Crippen molar-refractivity contribution in [2.24, 2.45) is 17.7 Å². The van der Waals surface area contributed by atoms with Crippen molar-refractivity contribution in [1.82, 2.24) is 10.4 Å². The van der Waals surface area contributed by atoms with E-state index >= 15 is 0 Å². The smallest absolute Gasteiger partial charge is 0.0705 e. The SMILES string of the molecule is CC(C1CC1)C(NN)c1cccc2ncccc12. The summed E-state index contributed by atoms with van der Waals surface area (Å²) in [6, 6.07) is 10.6. The van der Waals surface area contributed by atoms with Gasteiger partial charge in [0, 0.05) is 17.6 Å². The molecule has 0 aliphatic heterocycles. The van der Waals surface area contributed by atoms with Crippen LogP contribution in [0.15, 0.2) is 36.5 Å². The Bertz CT molecular complexity index is 543. The molecule has 2 atom stereocenters. The Morgan fingerprint density at radius 3 is 2.83 bits per heavy atom. The standard InChI is InChI=1S/C15H19N3/c1-10(11-7-8-11)15(18-16)13-4-2-6-14-12(13)5-3-9-17-14/h2-6,9-11,15,18H,7-8,16H2,1H3. The van der Waals surface area contributed by atoms with E-state index in [1.807, 2.05) is 18.3 Å². The Labute approximate surface area is 107 Å². The lowest BCUT2D eigenvalue weighted by molar-refractivity contribution is 0.356. The molecule has 1 aromatic heterocycles. The zero-order chi connectivity index (χ0) is 12.5. The number of rotatable bonds is 4. The van der Waals surface area contributed by atoms with Gasteiger partial charge in [-0.2, -0.15) is 0 Å². The molecule has 0 saturated heterocycles. The van der Waals surface area contributed by atoms with Crippen LogP contribution in [0.25, 0.3) is 10.9 Å². The molecule has 2 unspecified atom stereocenters. The lowest BCUT2D eigenvalue weighted by Crippen LogP contribution is -2.33. The Balaban J connectivity index is 2.05. The molecule has 3 rings (SSSR count). The van der Waals surface area contributed by atoms with Gasteiger partial charge in [-0.15, -0.1) is 0 Å². The number of hydrazine groups is 1. The van der Waals surface area contributed by atoms with E-state index in [1.54, 1.807) is 0 Å². The van der Waals surface area contributed by atoms with E-state index in [0.717, 1.165) is 11.4 Å². The van der Waals surface area contributed by atoms with Crippen molar-refractivity contribution < 1.29 is 0 Å². The molecular formula is C15H19N3. The Hall–Kier alpha value is -1.45. The fraction of sp³-hybridized carbons (Fsp3) is 0.400. The fourth-order valence-electron chi connectivity index (χ4n) is 2.82. The van der Waals surface area contributed by atoms with Gasteiger partial charge in [0.05, 0.1) is 5.52 Å². The molecule has 1 fully saturated rings. The average Bonchev–Trinajstić information content (AvgIpc) is 3.24. The first-order chi connectivity index (χ1) is 8.81. The molecule has 1 aromatic carbocycles. The first kappa shape index (κ1) is 11.6. The van der Waals surface area contributed by atoms with Crippen molar-refractivity contribution in [1.29, 1.82) is 0 Å². The van der Waals surface area contributed by atoms with E-state index in [4.69, 9.17) is 5.84 Å². The topological polar surface area (TPSA) is 50.9 Å². The van der Waals surface area contributed by atoms with Crippen molar-refractivity contribution in [2.45, 2.75) is 25.8 Å². The van der Waals surface area contributed by atoms with Crippen LogP contribution in [0.3, 0.4) is 0 Å². The molecule has 18 heavy (non-hydrogen) atoms. The molecule has 0 amide bonds. The van der Waals surface area contributed by atoms with Gasteiger partial charge >= 0.3 is 0 Å². The molecule has 1 saturated carbocycles. The predicted molar refractivity (Wildman–Crippen MR) is 73.7 cm³/mol. The largest absolute Gasteiger partial charge is 0.271 e. The molecule has 0 bridgehead atoms. The molecule has 3 heteroatoms. The second-order valence-corrected chi connectivity index (χ2v) is 5.26. The highest BCUT2D eigenvalue weighted by Crippen LogP contribution is 2.43. The lowest BCUT2D eigenvalue weighted by atomic mass is 9.89. The first-order valence-corrected chi connectivity index (χ1v) is 6.61. The minimum absolute atomic E-state index is 0.213. The number of nitrogens with zero attached hydrogens (tertiary/aromatic N) is 1. The maximum absolute atomic E-state index is 5.79. The molecule has 1 aliphatic carbocycles. The van der Waals surface area contributed by atoms with E-state index in [2.05, 4.69) is 35.5 Å². The highest BCUT2D eigenvalue weighted by Gasteiger charge is 2.34. The Kier molecular flexibility index (Phi) is 3.02. The molecule has 2 aromatic rings. The molecule has 3 nitrogen and oxygen atoms in total. The average molecular weight is 241 g/mol. The monoisotopic (exact) mass is 241 g/mol. The van der Waals surface area contributed by atoms with E-state index in [9.17, 15) is 0 Å². The van der Waals surface area contributed by atoms with Gasteiger partial charge in [-0.25, -0.2) is 0 Å². The molecule has 1 aliphatic rings. The third kappa shape index (κ3) is 2.00. The fourth-order valence-corrected chi connectivity index (χ4v) is 2.82. The van der Waals surface area contributed by atoms with Gasteiger partial charge in [0.2, 0.25) is 0 Å². The van der Waals surface area contributed by atoms with Crippen LogP contribution in [-0.4, -0.2) is 4.98 Å². The quantitative estimate of drug-likeness (QED) is 0.639. The number of nitrogens with one attached hydrogen (secondary N) is 1. The van der Waals surface area contributed by atoms with Crippen LogP contribution in [0.1, 0.15) is 31.4 Å². The normalized spacial score (nSPS) is 18.8. The maximum atomic E-state index is 5.79. The van der Waals surface area contributed by atoms with Crippen LogP contribution < -0.4 is 11.3 Å². The van der Waals surface area contributed by atoms with E-state index in [0.29, 0.717) is 5.92 Å². The summed E-state index contributed by atoms with van der Waals surface area (Å²) in [6.07, 6.45) is 4.51. The zero-order valence-electron chi connectivity index (χ0n) is 10.6.